The van der Waals surface area contributed by atoms with Crippen LogP contribution in [-0.4, -0.2) is 139 Å². The smallest absolute Gasteiger partial charge is 1.00 e. The summed E-state index contributed by atoms with van der Waals surface area (Å²) in [6.45, 7) is -2.25. The van der Waals surface area contributed by atoms with E-state index in [4.69, 9.17) is 20.4 Å². The second kappa shape index (κ2) is 18.1. The molecule has 0 unspecified atom stereocenters. The van der Waals surface area contributed by atoms with Crippen molar-refractivity contribution in [2.75, 3.05) is 39.3 Å². The van der Waals surface area contributed by atoms with Gasteiger partial charge < -0.3 is 26.1 Å². The molecule has 0 aliphatic rings. The van der Waals surface area contributed by atoms with Gasteiger partial charge in [-0.25, -0.2) is 0 Å². The Kier molecular flexibility index (Phi) is 25.2. The average molecular weight is 430 g/mol. The van der Waals surface area contributed by atoms with E-state index >= 15 is 0 Å². The first kappa shape index (κ1) is 32.0. The van der Waals surface area contributed by atoms with Crippen LogP contribution in [-0.2, 0) is 19.2 Å². The zero-order valence-corrected chi connectivity index (χ0v) is 20.7. The molecule has 0 rings (SSSR count). The van der Waals surface area contributed by atoms with Gasteiger partial charge in [-0.1, -0.05) is 0 Å². The predicted octanol–water partition coefficient (Wildman–Crippen LogP) is -7.99. The van der Waals surface area contributed by atoms with E-state index in [1.807, 2.05) is 0 Å². The Hall–Kier alpha value is 1.28. The molecule has 0 aliphatic carbocycles. The van der Waals surface area contributed by atoms with Gasteiger partial charge in [-0.2, -0.15) is 0 Å². The number of carboxylic acids is 4. The summed E-state index contributed by atoms with van der Waals surface area (Å²) >= 11 is 0. The van der Waals surface area contributed by atoms with Crippen molar-refractivity contribution in [1.29, 1.82) is 0 Å². The van der Waals surface area contributed by atoms with Crippen LogP contribution < -0.4 is 59.1 Å². The largest absolute Gasteiger partial charge is 2.00 e. The maximum Gasteiger partial charge on any atom is 2.00 e. The summed E-state index contributed by atoms with van der Waals surface area (Å²) in [5, 5.41) is 34.5. The van der Waals surface area contributed by atoms with Crippen LogP contribution in [0.2, 0.25) is 0 Å². The summed E-state index contributed by atoms with van der Waals surface area (Å²) in [5.41, 5.74) is 0. The summed E-state index contributed by atoms with van der Waals surface area (Å²) in [6, 6.07) is 0. The molecule has 4 N–H and O–H groups in total. The standard InChI is InChI=1S/C10H16N2O8.2Na.Sr.4H/c13-7(14)3-11(4-8(15)16)1-2-12(5-9(17)18)6-10(19)20;;;;;;;/h1-6H2,(H,13,14)(H,15,16)(H,17,18)(H,19,20);;;;;;;/q;2*+1;+2;4*-1. The number of nitrogens with zero attached hydrogens (tertiary/aromatic N) is 2. The molecule has 13 heteroatoms. The first-order valence-electron chi connectivity index (χ1n) is 5.52. The van der Waals surface area contributed by atoms with E-state index in [1.165, 1.54) is 0 Å². The number of carbonyl (C=O) groups is 4. The fourth-order valence-electron chi connectivity index (χ4n) is 1.48. The quantitative estimate of drug-likeness (QED) is 0.233. The maximum atomic E-state index is 10.6. The minimum absolute atomic E-state index is 0. The van der Waals surface area contributed by atoms with Crippen LogP contribution in [0.5, 0.6) is 0 Å². The van der Waals surface area contributed by atoms with Crippen molar-refractivity contribution < 1.29 is 104 Å². The van der Waals surface area contributed by atoms with Crippen molar-refractivity contribution in [2.45, 2.75) is 0 Å². The molecule has 10 nitrogen and oxygen atoms in total. The van der Waals surface area contributed by atoms with Crippen molar-refractivity contribution in [3.05, 3.63) is 0 Å². The van der Waals surface area contributed by atoms with Gasteiger partial charge in [0.1, 0.15) is 0 Å². The number of hydrogen-bond donors (Lipinski definition) is 4. The van der Waals surface area contributed by atoms with E-state index in [-0.39, 0.29) is 123 Å². The van der Waals surface area contributed by atoms with Gasteiger partial charge in [0.25, 0.3) is 0 Å². The number of carboxylic acid groups (broad SMARTS) is 4. The fraction of sp³-hybridized carbons (Fsp3) is 0.600. The van der Waals surface area contributed by atoms with Gasteiger partial charge in [0.05, 0.1) is 26.2 Å². The van der Waals surface area contributed by atoms with Gasteiger partial charge in [0.2, 0.25) is 0 Å². The summed E-state index contributed by atoms with van der Waals surface area (Å²) in [4.78, 5) is 44.4. The third-order valence-corrected chi connectivity index (χ3v) is 2.17. The molecule has 0 aliphatic heterocycles. The minimum atomic E-state index is -1.23. The second-order valence-corrected chi connectivity index (χ2v) is 4.00. The van der Waals surface area contributed by atoms with Crippen LogP contribution in [0.1, 0.15) is 5.71 Å². The Morgan fingerprint density at radius 1 is 0.609 bits per heavy atom. The molecule has 0 bridgehead atoms. The van der Waals surface area contributed by atoms with Crippen molar-refractivity contribution in [2.24, 2.45) is 0 Å². The molecule has 0 saturated carbocycles. The molecule has 0 aromatic carbocycles. The van der Waals surface area contributed by atoms with Gasteiger partial charge in [-0.15, -0.1) is 0 Å². The molecule has 0 aromatic heterocycles. The number of hydrogen-bond acceptors (Lipinski definition) is 6. The molecule has 122 valence electrons. The summed E-state index contributed by atoms with van der Waals surface area (Å²) in [7, 11) is 0. The van der Waals surface area contributed by atoms with E-state index in [1.54, 1.807) is 0 Å². The van der Waals surface area contributed by atoms with Crippen LogP contribution in [0.25, 0.3) is 0 Å². The molecule has 0 aromatic rings. The molecular weight excluding hydrogens is 410 g/mol. The van der Waals surface area contributed by atoms with E-state index in [0.717, 1.165) is 9.80 Å². The first-order valence-corrected chi connectivity index (χ1v) is 5.52. The zero-order chi connectivity index (χ0) is 15.7. The Labute approximate surface area is 220 Å². The van der Waals surface area contributed by atoms with Gasteiger partial charge in [-0.3, -0.25) is 29.0 Å². The van der Waals surface area contributed by atoms with Gasteiger partial charge in [-0.05, 0) is 0 Å². The summed E-state index contributed by atoms with van der Waals surface area (Å²) < 4.78 is 0. The van der Waals surface area contributed by atoms with E-state index in [0.29, 0.717) is 0 Å². The third-order valence-electron chi connectivity index (χ3n) is 2.17. The number of rotatable bonds is 11. The summed E-state index contributed by atoms with van der Waals surface area (Å²) in [6.07, 6.45) is 0. The van der Waals surface area contributed by atoms with Crippen LogP contribution in [0, 0.1) is 0 Å². The monoisotopic (exact) mass is 430 g/mol. The average Bonchev–Trinajstić information content (AvgIpc) is 2.22. The molecule has 0 spiro atoms. The van der Waals surface area contributed by atoms with E-state index < -0.39 is 50.1 Å². The number of aliphatic carboxylic acids is 4. The second-order valence-electron chi connectivity index (χ2n) is 4.00. The van der Waals surface area contributed by atoms with E-state index in [2.05, 4.69) is 0 Å². The van der Waals surface area contributed by atoms with Gasteiger partial charge in [0, 0.05) is 13.1 Å². The first-order chi connectivity index (χ1) is 9.20. The summed E-state index contributed by atoms with van der Waals surface area (Å²) in [5.74, 6) is -4.91. The maximum absolute atomic E-state index is 10.6. The minimum Gasteiger partial charge on any atom is -1.00 e. The molecular formula is C10H20N2Na2O8Sr. The van der Waals surface area contributed by atoms with Crippen molar-refractivity contribution in [1.82, 2.24) is 9.80 Å². The van der Waals surface area contributed by atoms with Gasteiger partial charge >= 0.3 is 128 Å². The third kappa shape index (κ3) is 21.2. The predicted molar refractivity (Wildman–Crippen MR) is 73.6 cm³/mol. The molecule has 0 atom stereocenters. The molecule has 0 heterocycles. The normalized spacial score (nSPS) is 9.30. The van der Waals surface area contributed by atoms with Crippen LogP contribution in [0.15, 0.2) is 0 Å². The molecule has 0 saturated heterocycles. The Balaban J connectivity index is -0.0000000860. The Morgan fingerprint density at radius 2 is 0.783 bits per heavy atom. The van der Waals surface area contributed by atoms with Crippen molar-refractivity contribution >= 4 is 69.4 Å². The molecule has 0 radical (unpaired) electrons. The topological polar surface area (TPSA) is 156 Å². The Bertz CT molecular complexity index is 347. The zero-order valence-electron chi connectivity index (χ0n) is 17.3. The molecule has 0 fully saturated rings. The molecule has 0 amide bonds. The van der Waals surface area contributed by atoms with Crippen LogP contribution >= 0.6 is 0 Å². The van der Waals surface area contributed by atoms with Crippen LogP contribution in [0.4, 0.5) is 0 Å². The van der Waals surface area contributed by atoms with Crippen molar-refractivity contribution in [3.63, 3.8) is 0 Å². The Morgan fingerprint density at radius 3 is 0.913 bits per heavy atom. The van der Waals surface area contributed by atoms with Crippen molar-refractivity contribution in [3.8, 4) is 0 Å². The SMILES string of the molecule is O=C(O)CN(CCN(CC(=O)O)CC(=O)O)CC(=O)O.[H-].[H-].[H-].[H-].[Na+].[Na+].[Sr+2]. The molecule has 23 heavy (non-hydrogen) atoms. The van der Waals surface area contributed by atoms with Gasteiger partial charge in [0.15, 0.2) is 0 Å². The fourth-order valence-corrected chi connectivity index (χ4v) is 1.48. The van der Waals surface area contributed by atoms with E-state index in [9.17, 15) is 19.2 Å². The van der Waals surface area contributed by atoms with Crippen LogP contribution in [0.3, 0.4) is 0 Å².